The maximum absolute atomic E-state index is 6.06. The molecule has 2 rings (SSSR count). The second-order valence-corrected chi connectivity index (χ2v) is 4.89. The van der Waals surface area contributed by atoms with E-state index in [0.717, 1.165) is 13.1 Å². The van der Waals surface area contributed by atoms with Crippen LogP contribution in [0.5, 0.6) is 0 Å². The standard InChI is InChI=1S/C17H20ClNO.ClH/c18-11-12-19-13-14-20-17(15-7-3-1-4-8-15)16-9-5-2-6-10-16;/h1-10,17,19H,11-14H2;1H. The Morgan fingerprint density at radius 1 is 0.857 bits per heavy atom. The van der Waals surface area contributed by atoms with Gasteiger partial charge in [0.25, 0.3) is 0 Å². The van der Waals surface area contributed by atoms with Crippen LogP contribution < -0.4 is 5.32 Å². The largest absolute Gasteiger partial charge is 0.367 e. The number of ether oxygens (including phenoxy) is 1. The van der Waals surface area contributed by atoms with Crippen LogP contribution in [0.2, 0.25) is 0 Å². The van der Waals surface area contributed by atoms with Gasteiger partial charge in [-0.1, -0.05) is 60.7 Å². The van der Waals surface area contributed by atoms with E-state index in [0.29, 0.717) is 12.5 Å². The van der Waals surface area contributed by atoms with Gasteiger partial charge in [-0.2, -0.15) is 0 Å². The molecule has 0 aliphatic heterocycles. The van der Waals surface area contributed by atoms with Crippen molar-refractivity contribution in [2.24, 2.45) is 0 Å². The molecule has 0 heterocycles. The monoisotopic (exact) mass is 325 g/mol. The lowest BCUT2D eigenvalue weighted by atomic mass is 10.0. The van der Waals surface area contributed by atoms with Crippen LogP contribution in [0.25, 0.3) is 0 Å². The van der Waals surface area contributed by atoms with Crippen LogP contribution in [0.3, 0.4) is 0 Å². The molecule has 1 N–H and O–H groups in total. The Hall–Kier alpha value is -1.06. The smallest absolute Gasteiger partial charge is 0.108 e. The summed E-state index contributed by atoms with van der Waals surface area (Å²) in [6.45, 7) is 2.28. The summed E-state index contributed by atoms with van der Waals surface area (Å²) in [7, 11) is 0. The fraction of sp³-hybridized carbons (Fsp3) is 0.294. The maximum atomic E-state index is 6.06. The van der Waals surface area contributed by atoms with Gasteiger partial charge < -0.3 is 10.1 Å². The molecule has 2 aromatic rings. The molecule has 114 valence electrons. The van der Waals surface area contributed by atoms with Crippen LogP contribution in [0, 0.1) is 0 Å². The third-order valence-corrected chi connectivity index (χ3v) is 3.23. The Morgan fingerprint density at radius 3 is 1.86 bits per heavy atom. The van der Waals surface area contributed by atoms with Crippen LogP contribution in [0.15, 0.2) is 60.7 Å². The van der Waals surface area contributed by atoms with Gasteiger partial charge in [0.2, 0.25) is 0 Å². The molecule has 2 nitrogen and oxygen atoms in total. The minimum Gasteiger partial charge on any atom is -0.367 e. The van der Waals surface area contributed by atoms with E-state index >= 15 is 0 Å². The van der Waals surface area contributed by atoms with Crippen LogP contribution in [0.1, 0.15) is 17.2 Å². The quantitative estimate of drug-likeness (QED) is 0.584. The SMILES string of the molecule is Cl.ClCCNCCOC(c1ccccc1)c1ccccc1. The Balaban J connectivity index is 0.00000220. The van der Waals surface area contributed by atoms with Gasteiger partial charge in [0.05, 0.1) is 6.61 Å². The lowest BCUT2D eigenvalue weighted by Gasteiger charge is -2.19. The first-order chi connectivity index (χ1) is 9.92. The number of nitrogens with one attached hydrogen (secondary N) is 1. The van der Waals surface area contributed by atoms with E-state index < -0.39 is 0 Å². The molecule has 0 aromatic heterocycles. The summed E-state index contributed by atoms with van der Waals surface area (Å²) in [5, 5.41) is 3.24. The minimum atomic E-state index is -0.0183. The van der Waals surface area contributed by atoms with Crippen molar-refractivity contribution in [1.82, 2.24) is 5.32 Å². The number of halogens is 2. The van der Waals surface area contributed by atoms with Gasteiger partial charge in [-0.15, -0.1) is 24.0 Å². The molecule has 0 radical (unpaired) electrons. The second-order valence-electron chi connectivity index (χ2n) is 4.51. The Kier molecular flexibility index (Phi) is 9.11. The molecule has 0 amide bonds. The van der Waals surface area contributed by atoms with Gasteiger partial charge in [0, 0.05) is 19.0 Å². The normalized spacial score (nSPS) is 10.4. The highest BCUT2D eigenvalue weighted by Crippen LogP contribution is 2.25. The number of benzene rings is 2. The summed E-state index contributed by atoms with van der Waals surface area (Å²) in [5.74, 6) is 0.626. The summed E-state index contributed by atoms with van der Waals surface area (Å²) in [4.78, 5) is 0. The first-order valence-corrected chi connectivity index (χ1v) is 7.43. The molecular formula is C17H21Cl2NO. The predicted octanol–water partition coefficient (Wildman–Crippen LogP) is 4.04. The zero-order valence-corrected chi connectivity index (χ0v) is 13.4. The van der Waals surface area contributed by atoms with Gasteiger partial charge in [0.1, 0.15) is 6.10 Å². The molecule has 0 aliphatic rings. The summed E-state index contributed by atoms with van der Waals surface area (Å²) < 4.78 is 6.06. The topological polar surface area (TPSA) is 21.3 Å². The van der Waals surface area contributed by atoms with Crippen molar-refractivity contribution in [1.29, 1.82) is 0 Å². The highest BCUT2D eigenvalue weighted by atomic mass is 35.5. The number of hydrogen-bond acceptors (Lipinski definition) is 2. The highest BCUT2D eigenvalue weighted by molar-refractivity contribution is 6.18. The van der Waals surface area contributed by atoms with Crippen molar-refractivity contribution < 1.29 is 4.74 Å². The van der Waals surface area contributed by atoms with Gasteiger partial charge in [-0.3, -0.25) is 0 Å². The van der Waals surface area contributed by atoms with Crippen LogP contribution in [-0.4, -0.2) is 25.6 Å². The van der Waals surface area contributed by atoms with E-state index in [1.165, 1.54) is 11.1 Å². The van der Waals surface area contributed by atoms with E-state index in [-0.39, 0.29) is 18.5 Å². The molecular weight excluding hydrogens is 305 g/mol. The first-order valence-electron chi connectivity index (χ1n) is 6.90. The molecule has 4 heteroatoms. The number of hydrogen-bond donors (Lipinski definition) is 1. The van der Waals surface area contributed by atoms with E-state index in [9.17, 15) is 0 Å². The summed E-state index contributed by atoms with van der Waals surface area (Å²) in [6, 6.07) is 20.6. The lowest BCUT2D eigenvalue weighted by molar-refractivity contribution is 0.0824. The van der Waals surface area contributed by atoms with Crippen LogP contribution >= 0.6 is 24.0 Å². The third-order valence-electron chi connectivity index (χ3n) is 3.04. The van der Waals surface area contributed by atoms with Crippen LogP contribution in [0.4, 0.5) is 0 Å². The molecule has 0 fully saturated rings. The average molecular weight is 326 g/mol. The summed E-state index contributed by atoms with van der Waals surface area (Å²) >= 11 is 5.63. The molecule has 0 atom stereocenters. The molecule has 0 unspecified atom stereocenters. The van der Waals surface area contributed by atoms with Crippen molar-refractivity contribution in [2.75, 3.05) is 25.6 Å². The first kappa shape index (κ1) is 18.0. The zero-order chi connectivity index (χ0) is 14.0. The number of rotatable bonds is 8. The minimum absolute atomic E-state index is 0. The number of alkyl halides is 1. The van der Waals surface area contributed by atoms with Gasteiger partial charge >= 0.3 is 0 Å². The molecule has 21 heavy (non-hydrogen) atoms. The van der Waals surface area contributed by atoms with Crippen molar-refractivity contribution >= 4 is 24.0 Å². The molecule has 0 aliphatic carbocycles. The Morgan fingerprint density at radius 2 is 1.38 bits per heavy atom. The third kappa shape index (κ3) is 6.06. The van der Waals surface area contributed by atoms with Crippen molar-refractivity contribution in [2.45, 2.75) is 6.10 Å². The van der Waals surface area contributed by atoms with Gasteiger partial charge in [-0.25, -0.2) is 0 Å². The average Bonchev–Trinajstić information content (AvgIpc) is 2.53. The zero-order valence-electron chi connectivity index (χ0n) is 11.9. The molecule has 0 spiro atoms. The fourth-order valence-corrected chi connectivity index (χ4v) is 2.21. The summed E-state index contributed by atoms with van der Waals surface area (Å²) in [5.41, 5.74) is 2.35. The van der Waals surface area contributed by atoms with Crippen molar-refractivity contribution in [3.63, 3.8) is 0 Å². The molecule has 2 aromatic carbocycles. The Labute approximate surface area is 137 Å². The second kappa shape index (κ2) is 10.6. The maximum Gasteiger partial charge on any atom is 0.108 e. The van der Waals surface area contributed by atoms with Crippen molar-refractivity contribution in [3.05, 3.63) is 71.8 Å². The fourth-order valence-electron chi connectivity index (χ4n) is 2.08. The van der Waals surface area contributed by atoms with E-state index in [2.05, 4.69) is 29.6 Å². The summed E-state index contributed by atoms with van der Waals surface area (Å²) in [6.07, 6.45) is -0.0183. The van der Waals surface area contributed by atoms with Gasteiger partial charge in [0.15, 0.2) is 0 Å². The Bertz CT molecular complexity index is 439. The molecule has 0 bridgehead atoms. The van der Waals surface area contributed by atoms with Crippen LogP contribution in [-0.2, 0) is 4.74 Å². The van der Waals surface area contributed by atoms with Crippen molar-refractivity contribution in [3.8, 4) is 0 Å². The lowest BCUT2D eigenvalue weighted by Crippen LogP contribution is -2.23. The van der Waals surface area contributed by atoms with E-state index in [1.54, 1.807) is 0 Å². The predicted molar refractivity (Wildman–Crippen MR) is 91.5 cm³/mol. The molecule has 0 saturated carbocycles. The van der Waals surface area contributed by atoms with E-state index in [4.69, 9.17) is 16.3 Å². The molecule has 0 saturated heterocycles. The van der Waals surface area contributed by atoms with E-state index in [1.807, 2.05) is 36.4 Å². The van der Waals surface area contributed by atoms with Gasteiger partial charge in [-0.05, 0) is 11.1 Å². The highest BCUT2D eigenvalue weighted by Gasteiger charge is 2.13.